The van der Waals surface area contributed by atoms with E-state index in [2.05, 4.69) is 4.98 Å². The molecule has 0 radical (unpaired) electrons. The van der Waals surface area contributed by atoms with Crippen LogP contribution in [0.4, 0.5) is 5.69 Å². The topological polar surface area (TPSA) is 76.3 Å². The van der Waals surface area contributed by atoms with Crippen molar-refractivity contribution in [2.45, 2.75) is 6.42 Å². The molecule has 110 valence electrons. The van der Waals surface area contributed by atoms with Crippen LogP contribution in [0.25, 0.3) is 0 Å². The molecule has 1 amide bonds. The van der Waals surface area contributed by atoms with Crippen LogP contribution < -0.4 is 0 Å². The molecule has 0 aliphatic carbocycles. The van der Waals surface area contributed by atoms with Crippen LogP contribution in [0.15, 0.2) is 29.8 Å². The fraction of sp³-hybridized carbons (Fsp3) is 0.231. The zero-order chi connectivity index (χ0) is 15.4. The maximum absolute atomic E-state index is 12.3. The molecule has 21 heavy (non-hydrogen) atoms. The van der Waals surface area contributed by atoms with E-state index >= 15 is 0 Å². The van der Waals surface area contributed by atoms with E-state index in [1.807, 2.05) is 17.5 Å². The molecule has 0 saturated carbocycles. The Balaban J connectivity index is 2.11. The minimum Gasteiger partial charge on any atom is -0.341 e. The second-order valence-electron chi connectivity index (χ2n) is 4.35. The predicted molar refractivity (Wildman–Crippen MR) is 80.9 cm³/mol. The summed E-state index contributed by atoms with van der Waals surface area (Å²) in [6.45, 7) is 0.498. The molecule has 2 rings (SSSR count). The van der Waals surface area contributed by atoms with Gasteiger partial charge in [-0.05, 0) is 17.9 Å². The fourth-order valence-electron chi connectivity index (χ4n) is 1.73. The van der Waals surface area contributed by atoms with E-state index in [9.17, 15) is 14.9 Å². The average Bonchev–Trinajstić information content (AvgIpc) is 2.97. The second-order valence-corrected chi connectivity index (χ2v) is 5.74. The molecule has 0 N–H and O–H groups in total. The van der Waals surface area contributed by atoms with Crippen molar-refractivity contribution < 1.29 is 9.72 Å². The number of aromatic nitrogens is 1. The highest BCUT2D eigenvalue weighted by molar-refractivity contribution is 7.09. The van der Waals surface area contributed by atoms with Crippen LogP contribution in [-0.2, 0) is 6.42 Å². The number of rotatable bonds is 5. The molecule has 0 fully saturated rings. The normalized spacial score (nSPS) is 10.4. The third-order valence-electron chi connectivity index (χ3n) is 2.89. The number of hydrogen-bond acceptors (Lipinski definition) is 5. The van der Waals surface area contributed by atoms with Gasteiger partial charge in [0.05, 0.1) is 10.5 Å². The fourth-order valence-corrected chi connectivity index (χ4v) is 2.61. The van der Waals surface area contributed by atoms with Crippen LogP contribution in [0.2, 0.25) is 5.15 Å². The largest absolute Gasteiger partial charge is 0.341 e. The molecule has 2 aromatic heterocycles. The third kappa shape index (κ3) is 3.77. The van der Waals surface area contributed by atoms with E-state index in [1.165, 1.54) is 4.90 Å². The molecule has 0 aromatic carbocycles. The number of likely N-dealkylation sites (N-methyl/N-ethyl adjacent to an activating group) is 1. The molecule has 0 aliphatic rings. The predicted octanol–water partition coefficient (Wildman–Crippen LogP) is 3.02. The first-order valence-corrected chi connectivity index (χ1v) is 7.32. The van der Waals surface area contributed by atoms with Crippen molar-refractivity contribution in [3.63, 3.8) is 0 Å². The highest BCUT2D eigenvalue weighted by atomic mass is 35.5. The van der Waals surface area contributed by atoms with Gasteiger partial charge in [0.2, 0.25) is 0 Å². The summed E-state index contributed by atoms with van der Waals surface area (Å²) in [4.78, 5) is 28.7. The Morgan fingerprint density at radius 3 is 2.95 bits per heavy atom. The summed E-state index contributed by atoms with van der Waals surface area (Å²) >= 11 is 7.48. The van der Waals surface area contributed by atoms with Crippen LogP contribution in [0, 0.1) is 10.1 Å². The number of carbonyl (C=O) groups excluding carboxylic acids is 1. The lowest BCUT2D eigenvalue weighted by Crippen LogP contribution is -2.29. The van der Waals surface area contributed by atoms with Gasteiger partial charge in [0.25, 0.3) is 11.6 Å². The zero-order valence-electron chi connectivity index (χ0n) is 11.2. The summed E-state index contributed by atoms with van der Waals surface area (Å²) in [6, 6.07) is 5.09. The second kappa shape index (κ2) is 6.64. The van der Waals surface area contributed by atoms with Gasteiger partial charge < -0.3 is 4.90 Å². The van der Waals surface area contributed by atoms with Crippen molar-refractivity contribution in [2.75, 3.05) is 13.6 Å². The maximum Gasteiger partial charge on any atom is 0.288 e. The van der Waals surface area contributed by atoms with E-state index in [4.69, 9.17) is 11.6 Å². The van der Waals surface area contributed by atoms with E-state index < -0.39 is 4.92 Å². The van der Waals surface area contributed by atoms with Crippen molar-refractivity contribution in [1.82, 2.24) is 9.88 Å². The molecular weight excluding hydrogens is 314 g/mol. The molecule has 0 unspecified atom stereocenters. The average molecular weight is 326 g/mol. The van der Waals surface area contributed by atoms with Gasteiger partial charge in [-0.15, -0.1) is 11.3 Å². The summed E-state index contributed by atoms with van der Waals surface area (Å²) in [6.07, 6.45) is 1.75. The summed E-state index contributed by atoms with van der Waals surface area (Å²) in [7, 11) is 1.63. The molecule has 0 bridgehead atoms. The van der Waals surface area contributed by atoms with Crippen molar-refractivity contribution in [1.29, 1.82) is 0 Å². The molecule has 0 spiro atoms. The highest BCUT2D eigenvalue weighted by Crippen LogP contribution is 2.20. The van der Waals surface area contributed by atoms with Crippen LogP contribution in [0.5, 0.6) is 0 Å². The summed E-state index contributed by atoms with van der Waals surface area (Å²) in [5.41, 5.74) is -0.214. The van der Waals surface area contributed by atoms with Gasteiger partial charge in [0.15, 0.2) is 0 Å². The van der Waals surface area contributed by atoms with E-state index in [0.29, 0.717) is 6.54 Å². The molecule has 0 atom stereocenters. The first-order chi connectivity index (χ1) is 9.99. The quantitative estimate of drug-likeness (QED) is 0.481. The van der Waals surface area contributed by atoms with Crippen LogP contribution >= 0.6 is 22.9 Å². The van der Waals surface area contributed by atoms with Gasteiger partial charge in [-0.25, -0.2) is 4.98 Å². The Kier molecular flexibility index (Phi) is 4.87. The molecule has 2 aromatic rings. The van der Waals surface area contributed by atoms with E-state index in [0.717, 1.165) is 23.6 Å². The lowest BCUT2D eigenvalue weighted by atomic mass is 10.2. The minimum absolute atomic E-state index is 0.0337. The van der Waals surface area contributed by atoms with Crippen molar-refractivity contribution >= 4 is 34.5 Å². The Morgan fingerprint density at radius 2 is 2.33 bits per heavy atom. The van der Waals surface area contributed by atoms with Crippen molar-refractivity contribution in [3.05, 3.63) is 55.5 Å². The number of pyridine rings is 1. The number of nitrogens with zero attached hydrogens (tertiary/aromatic N) is 3. The molecular formula is C13H12ClN3O3S. The Morgan fingerprint density at radius 1 is 1.57 bits per heavy atom. The van der Waals surface area contributed by atoms with Gasteiger partial charge in [-0.1, -0.05) is 17.7 Å². The van der Waals surface area contributed by atoms with E-state index in [-0.39, 0.29) is 22.3 Å². The highest BCUT2D eigenvalue weighted by Gasteiger charge is 2.20. The number of carbonyl (C=O) groups is 1. The summed E-state index contributed by atoms with van der Waals surface area (Å²) in [5, 5.41) is 12.7. The van der Waals surface area contributed by atoms with Gasteiger partial charge in [-0.3, -0.25) is 14.9 Å². The van der Waals surface area contributed by atoms with Crippen molar-refractivity contribution in [3.8, 4) is 0 Å². The number of thiophene rings is 1. The number of amides is 1. The van der Waals surface area contributed by atoms with Gasteiger partial charge in [0.1, 0.15) is 11.3 Å². The van der Waals surface area contributed by atoms with Crippen LogP contribution in [0.1, 0.15) is 15.2 Å². The molecule has 2 heterocycles. The maximum atomic E-state index is 12.3. The standard InChI is InChI=1S/C13H12ClN3O3S/c1-16(5-4-10-3-2-6-21-10)13(18)11-7-9(17(19)20)8-15-12(11)14/h2-3,6-8H,4-5H2,1H3. The van der Waals surface area contributed by atoms with Gasteiger partial charge in [-0.2, -0.15) is 0 Å². The first kappa shape index (κ1) is 15.4. The SMILES string of the molecule is CN(CCc1cccs1)C(=O)c1cc([N+](=O)[O-])cnc1Cl. The monoisotopic (exact) mass is 325 g/mol. The zero-order valence-corrected chi connectivity index (χ0v) is 12.7. The number of hydrogen-bond donors (Lipinski definition) is 0. The van der Waals surface area contributed by atoms with Crippen LogP contribution in [-0.4, -0.2) is 34.3 Å². The Bertz CT molecular complexity index is 661. The number of halogens is 1. The number of nitro groups is 1. The minimum atomic E-state index is -0.605. The van der Waals surface area contributed by atoms with Gasteiger partial charge in [0, 0.05) is 24.5 Å². The summed E-state index contributed by atoms with van der Waals surface area (Å²) in [5.74, 6) is -0.382. The third-order valence-corrected chi connectivity index (χ3v) is 4.12. The Hall–Kier alpha value is -1.99. The molecule has 0 aliphatic heterocycles. The van der Waals surface area contributed by atoms with Crippen molar-refractivity contribution in [2.24, 2.45) is 0 Å². The first-order valence-electron chi connectivity index (χ1n) is 6.07. The summed E-state index contributed by atoms with van der Waals surface area (Å²) < 4.78 is 0. The molecule has 6 nitrogen and oxygen atoms in total. The lowest BCUT2D eigenvalue weighted by Gasteiger charge is -2.17. The van der Waals surface area contributed by atoms with Crippen LogP contribution in [0.3, 0.4) is 0 Å². The Labute approximate surface area is 130 Å². The molecule has 8 heteroatoms. The van der Waals surface area contributed by atoms with E-state index in [1.54, 1.807) is 18.4 Å². The smallest absolute Gasteiger partial charge is 0.288 e. The van der Waals surface area contributed by atoms with Gasteiger partial charge >= 0.3 is 0 Å². The molecule has 0 saturated heterocycles. The lowest BCUT2D eigenvalue weighted by molar-refractivity contribution is -0.385.